The summed E-state index contributed by atoms with van der Waals surface area (Å²) in [6.07, 6.45) is 2.99. The minimum absolute atomic E-state index is 0.0116. The Hall–Kier alpha value is -0.940. The van der Waals surface area contributed by atoms with Gasteiger partial charge in [0.15, 0.2) is 5.13 Å². The van der Waals surface area contributed by atoms with Gasteiger partial charge >= 0.3 is 0 Å². The van der Waals surface area contributed by atoms with Gasteiger partial charge in [0.05, 0.1) is 15.0 Å². The Morgan fingerprint density at radius 2 is 2.28 bits per heavy atom. The molecule has 0 saturated heterocycles. The van der Waals surface area contributed by atoms with Gasteiger partial charge < -0.3 is 5.32 Å². The zero-order valence-electron chi connectivity index (χ0n) is 10.1. The number of benzene rings is 1. The standard InChI is InChI=1S/C13H15BrN2OS/c1-2-3-6-9(14)12(17)16-13-15-10-7-4-5-8-11(10)18-13/h4-5,7-9H,2-3,6H2,1H3,(H,15,16,17)/t9-/m1/s1. The van der Waals surface area contributed by atoms with E-state index in [2.05, 4.69) is 33.2 Å². The molecular formula is C13H15BrN2OS. The molecule has 5 heteroatoms. The van der Waals surface area contributed by atoms with Crippen LogP contribution < -0.4 is 5.32 Å². The predicted octanol–water partition coefficient (Wildman–Crippen LogP) is 4.19. The molecule has 0 saturated carbocycles. The summed E-state index contributed by atoms with van der Waals surface area (Å²) < 4.78 is 1.09. The molecule has 0 aliphatic rings. The van der Waals surface area contributed by atoms with Gasteiger partial charge in [-0.15, -0.1) is 0 Å². The highest BCUT2D eigenvalue weighted by molar-refractivity contribution is 9.10. The number of carbonyl (C=O) groups excluding carboxylic acids is 1. The van der Waals surface area contributed by atoms with E-state index >= 15 is 0 Å². The number of rotatable bonds is 5. The Labute approximate surface area is 119 Å². The molecule has 2 rings (SSSR count). The average Bonchev–Trinajstić information content (AvgIpc) is 2.77. The number of unbranched alkanes of at least 4 members (excludes halogenated alkanes) is 1. The van der Waals surface area contributed by atoms with E-state index < -0.39 is 0 Å². The summed E-state index contributed by atoms with van der Waals surface area (Å²) in [4.78, 5) is 16.2. The van der Waals surface area contributed by atoms with E-state index in [1.165, 1.54) is 11.3 Å². The van der Waals surface area contributed by atoms with Gasteiger partial charge in [0.1, 0.15) is 0 Å². The van der Waals surface area contributed by atoms with Crippen LogP contribution in [0.3, 0.4) is 0 Å². The summed E-state index contributed by atoms with van der Waals surface area (Å²) in [5.41, 5.74) is 0.928. The fraction of sp³-hybridized carbons (Fsp3) is 0.385. The van der Waals surface area contributed by atoms with Crippen molar-refractivity contribution >= 4 is 48.5 Å². The number of nitrogens with zero attached hydrogens (tertiary/aromatic N) is 1. The van der Waals surface area contributed by atoms with Crippen LogP contribution in [0.25, 0.3) is 10.2 Å². The van der Waals surface area contributed by atoms with Crippen LogP contribution >= 0.6 is 27.3 Å². The summed E-state index contributed by atoms with van der Waals surface area (Å²) in [6, 6.07) is 7.87. The number of thiazole rings is 1. The first-order chi connectivity index (χ1) is 8.70. The third-order valence-electron chi connectivity index (χ3n) is 2.62. The van der Waals surface area contributed by atoms with Crippen molar-refractivity contribution in [2.45, 2.75) is 31.0 Å². The summed E-state index contributed by atoms with van der Waals surface area (Å²) in [5.74, 6) is -0.0116. The van der Waals surface area contributed by atoms with E-state index in [1.807, 2.05) is 24.3 Å². The third kappa shape index (κ3) is 3.29. The van der Waals surface area contributed by atoms with E-state index in [-0.39, 0.29) is 10.7 Å². The lowest BCUT2D eigenvalue weighted by atomic mass is 10.2. The highest BCUT2D eigenvalue weighted by atomic mass is 79.9. The molecule has 0 bridgehead atoms. The van der Waals surface area contributed by atoms with E-state index in [0.29, 0.717) is 5.13 Å². The molecule has 1 aromatic heterocycles. The van der Waals surface area contributed by atoms with Crippen molar-refractivity contribution in [2.24, 2.45) is 0 Å². The minimum atomic E-state index is -0.135. The second kappa shape index (κ2) is 6.29. The Kier molecular flexibility index (Phi) is 4.72. The van der Waals surface area contributed by atoms with Crippen molar-refractivity contribution < 1.29 is 4.79 Å². The Morgan fingerprint density at radius 1 is 1.50 bits per heavy atom. The van der Waals surface area contributed by atoms with Crippen LogP contribution in [0, 0.1) is 0 Å². The molecule has 1 N–H and O–H groups in total. The maximum atomic E-state index is 11.9. The molecule has 1 aromatic carbocycles. The predicted molar refractivity (Wildman–Crippen MR) is 80.5 cm³/mol. The van der Waals surface area contributed by atoms with Gasteiger partial charge in [0.2, 0.25) is 5.91 Å². The Morgan fingerprint density at radius 3 is 3.00 bits per heavy atom. The number of carbonyl (C=O) groups is 1. The third-order valence-corrected chi connectivity index (χ3v) is 4.45. The van der Waals surface area contributed by atoms with Crippen LogP contribution in [0.2, 0.25) is 0 Å². The second-order valence-electron chi connectivity index (χ2n) is 4.09. The number of fused-ring (bicyclic) bond motifs is 1. The van der Waals surface area contributed by atoms with E-state index in [1.54, 1.807) is 0 Å². The molecule has 0 aliphatic carbocycles. The SMILES string of the molecule is CCCC[C@@H](Br)C(=O)Nc1nc2ccccc2s1. The molecule has 18 heavy (non-hydrogen) atoms. The largest absolute Gasteiger partial charge is 0.301 e. The minimum Gasteiger partial charge on any atom is -0.301 e. The van der Waals surface area contributed by atoms with Crippen molar-refractivity contribution in [3.63, 3.8) is 0 Å². The summed E-state index contributed by atoms with van der Waals surface area (Å²) in [7, 11) is 0. The lowest BCUT2D eigenvalue weighted by molar-refractivity contribution is -0.115. The normalized spacial score (nSPS) is 12.6. The van der Waals surface area contributed by atoms with Crippen molar-refractivity contribution in [3.05, 3.63) is 24.3 Å². The molecule has 3 nitrogen and oxygen atoms in total. The van der Waals surface area contributed by atoms with Crippen molar-refractivity contribution in [1.29, 1.82) is 0 Å². The fourth-order valence-corrected chi connectivity index (χ4v) is 2.93. The lowest BCUT2D eigenvalue weighted by Gasteiger charge is -2.07. The first kappa shape index (κ1) is 13.5. The molecule has 0 fully saturated rings. The number of hydrogen-bond donors (Lipinski definition) is 1. The van der Waals surface area contributed by atoms with Crippen LogP contribution in [0.1, 0.15) is 26.2 Å². The fourth-order valence-electron chi connectivity index (χ4n) is 1.62. The summed E-state index contributed by atoms with van der Waals surface area (Å²) in [6.45, 7) is 2.12. The zero-order chi connectivity index (χ0) is 13.0. The molecule has 96 valence electrons. The zero-order valence-corrected chi connectivity index (χ0v) is 12.6. The second-order valence-corrected chi connectivity index (χ2v) is 6.22. The molecule has 1 amide bonds. The van der Waals surface area contributed by atoms with Gasteiger partial charge in [-0.1, -0.05) is 59.2 Å². The first-order valence-electron chi connectivity index (χ1n) is 6.01. The quantitative estimate of drug-likeness (QED) is 0.837. The van der Waals surface area contributed by atoms with Gasteiger partial charge in [-0.25, -0.2) is 4.98 Å². The molecule has 1 heterocycles. The molecule has 0 radical (unpaired) electrons. The first-order valence-corrected chi connectivity index (χ1v) is 7.74. The number of aromatic nitrogens is 1. The monoisotopic (exact) mass is 326 g/mol. The number of halogens is 1. The van der Waals surface area contributed by atoms with Gasteiger partial charge in [-0.2, -0.15) is 0 Å². The van der Waals surface area contributed by atoms with Gasteiger partial charge in [0, 0.05) is 0 Å². The van der Waals surface area contributed by atoms with Crippen LogP contribution in [0.5, 0.6) is 0 Å². The van der Waals surface area contributed by atoms with Gasteiger partial charge in [-0.05, 0) is 18.6 Å². The molecule has 1 atom stereocenters. The Bertz CT molecular complexity index is 508. The maximum Gasteiger partial charge on any atom is 0.239 e. The number of hydrogen-bond acceptors (Lipinski definition) is 3. The van der Waals surface area contributed by atoms with Gasteiger partial charge in [0.25, 0.3) is 0 Å². The summed E-state index contributed by atoms with van der Waals surface area (Å²) in [5, 5.41) is 3.53. The Balaban J connectivity index is 2.02. The van der Waals surface area contributed by atoms with Crippen molar-refractivity contribution in [3.8, 4) is 0 Å². The van der Waals surface area contributed by atoms with Crippen molar-refractivity contribution in [2.75, 3.05) is 5.32 Å². The molecular weight excluding hydrogens is 312 g/mol. The maximum absolute atomic E-state index is 11.9. The number of nitrogens with one attached hydrogen (secondary N) is 1. The highest BCUT2D eigenvalue weighted by Crippen LogP contribution is 2.26. The van der Waals surface area contributed by atoms with Crippen molar-refractivity contribution in [1.82, 2.24) is 4.98 Å². The molecule has 0 unspecified atom stereocenters. The molecule has 0 aliphatic heterocycles. The summed E-state index contributed by atoms with van der Waals surface area (Å²) >= 11 is 4.91. The van der Waals surface area contributed by atoms with Crippen LogP contribution in [-0.4, -0.2) is 15.7 Å². The number of para-hydroxylation sites is 1. The van der Waals surface area contributed by atoms with Crippen LogP contribution in [0.4, 0.5) is 5.13 Å². The topological polar surface area (TPSA) is 42.0 Å². The number of alkyl halides is 1. The number of anilines is 1. The average molecular weight is 327 g/mol. The highest BCUT2D eigenvalue weighted by Gasteiger charge is 2.15. The molecule has 0 spiro atoms. The number of amides is 1. The molecule has 2 aromatic rings. The van der Waals surface area contributed by atoms with E-state index in [9.17, 15) is 4.79 Å². The van der Waals surface area contributed by atoms with Crippen LogP contribution in [-0.2, 0) is 4.79 Å². The van der Waals surface area contributed by atoms with E-state index in [4.69, 9.17) is 0 Å². The van der Waals surface area contributed by atoms with E-state index in [0.717, 1.165) is 29.5 Å². The smallest absolute Gasteiger partial charge is 0.239 e. The van der Waals surface area contributed by atoms with Gasteiger partial charge in [-0.3, -0.25) is 4.79 Å². The van der Waals surface area contributed by atoms with Crippen LogP contribution in [0.15, 0.2) is 24.3 Å². The lowest BCUT2D eigenvalue weighted by Crippen LogP contribution is -2.22.